The number of carbonyl (C=O) groups is 1. The van der Waals surface area contributed by atoms with Crippen LogP contribution in [0.2, 0.25) is 0 Å². The average Bonchev–Trinajstić information content (AvgIpc) is 2.15. The summed E-state index contributed by atoms with van der Waals surface area (Å²) >= 11 is 0. The van der Waals surface area contributed by atoms with Crippen LogP contribution in [-0.2, 0) is 9.53 Å². The van der Waals surface area contributed by atoms with Crippen molar-refractivity contribution in [1.82, 2.24) is 0 Å². The summed E-state index contributed by atoms with van der Waals surface area (Å²) in [4.78, 5) is 11.1. The second-order valence-corrected chi connectivity index (χ2v) is 4.67. The van der Waals surface area contributed by atoms with E-state index in [4.69, 9.17) is 9.84 Å². The second kappa shape index (κ2) is 6.83. The molecule has 0 radical (unpaired) electrons. The Morgan fingerprint density at radius 3 is 2.47 bits per heavy atom. The second-order valence-electron chi connectivity index (χ2n) is 4.67. The maximum absolute atomic E-state index is 11.1. The SMILES string of the molecule is CCCCOC(C)(CCC(C)C)C(=O)O. The summed E-state index contributed by atoms with van der Waals surface area (Å²) in [5, 5.41) is 9.12. The van der Waals surface area contributed by atoms with Gasteiger partial charge in [-0.1, -0.05) is 27.2 Å². The van der Waals surface area contributed by atoms with Gasteiger partial charge in [0.05, 0.1) is 0 Å². The van der Waals surface area contributed by atoms with Gasteiger partial charge in [0.25, 0.3) is 0 Å². The Hall–Kier alpha value is -0.570. The van der Waals surface area contributed by atoms with Crippen molar-refractivity contribution in [3.05, 3.63) is 0 Å². The fraction of sp³-hybridized carbons (Fsp3) is 0.917. The maximum Gasteiger partial charge on any atom is 0.335 e. The lowest BCUT2D eigenvalue weighted by atomic mass is 9.95. The van der Waals surface area contributed by atoms with E-state index in [1.165, 1.54) is 0 Å². The first-order chi connectivity index (χ1) is 6.92. The highest BCUT2D eigenvalue weighted by atomic mass is 16.5. The zero-order valence-electron chi connectivity index (χ0n) is 10.4. The maximum atomic E-state index is 11.1. The Morgan fingerprint density at radius 1 is 1.47 bits per heavy atom. The number of ether oxygens (including phenoxy) is 1. The number of carboxylic acids is 1. The largest absolute Gasteiger partial charge is 0.479 e. The monoisotopic (exact) mass is 216 g/mol. The predicted octanol–water partition coefficient (Wildman–Crippen LogP) is 3.08. The van der Waals surface area contributed by atoms with E-state index in [1.807, 2.05) is 0 Å². The highest BCUT2D eigenvalue weighted by Crippen LogP contribution is 2.21. The predicted molar refractivity (Wildman–Crippen MR) is 61.0 cm³/mol. The van der Waals surface area contributed by atoms with Gasteiger partial charge in [-0.2, -0.15) is 0 Å². The molecule has 0 fully saturated rings. The number of hydrogen-bond donors (Lipinski definition) is 1. The standard InChI is InChI=1S/C12H24O3/c1-5-6-9-15-12(4,11(13)14)8-7-10(2)3/h10H,5-9H2,1-4H3,(H,13,14). The van der Waals surface area contributed by atoms with Gasteiger partial charge in [0, 0.05) is 6.61 Å². The fourth-order valence-corrected chi connectivity index (χ4v) is 1.25. The third kappa shape index (κ3) is 5.78. The van der Waals surface area contributed by atoms with Crippen molar-refractivity contribution in [2.45, 2.75) is 59.0 Å². The summed E-state index contributed by atoms with van der Waals surface area (Å²) in [6.45, 7) is 8.46. The van der Waals surface area contributed by atoms with Gasteiger partial charge < -0.3 is 9.84 Å². The van der Waals surface area contributed by atoms with Gasteiger partial charge in [0.15, 0.2) is 5.60 Å². The molecular weight excluding hydrogens is 192 g/mol. The van der Waals surface area contributed by atoms with E-state index in [9.17, 15) is 4.79 Å². The van der Waals surface area contributed by atoms with Gasteiger partial charge in [-0.3, -0.25) is 0 Å². The zero-order valence-corrected chi connectivity index (χ0v) is 10.4. The Bertz CT molecular complexity index is 189. The van der Waals surface area contributed by atoms with E-state index in [-0.39, 0.29) is 0 Å². The van der Waals surface area contributed by atoms with Crippen molar-refractivity contribution in [2.24, 2.45) is 5.92 Å². The molecule has 0 amide bonds. The molecule has 0 heterocycles. The van der Waals surface area contributed by atoms with Crippen LogP contribution in [0.1, 0.15) is 53.4 Å². The van der Waals surface area contributed by atoms with Gasteiger partial charge >= 0.3 is 5.97 Å². The highest BCUT2D eigenvalue weighted by molar-refractivity contribution is 5.76. The minimum absolute atomic E-state index is 0.512. The molecule has 0 aromatic carbocycles. The molecular formula is C12H24O3. The quantitative estimate of drug-likeness (QED) is 0.634. The van der Waals surface area contributed by atoms with E-state index < -0.39 is 11.6 Å². The summed E-state index contributed by atoms with van der Waals surface area (Å²) in [5.74, 6) is -0.335. The summed E-state index contributed by atoms with van der Waals surface area (Å²) in [5.41, 5.74) is -1.00. The molecule has 0 bridgehead atoms. The number of carboxylic acid groups (broad SMARTS) is 1. The minimum Gasteiger partial charge on any atom is -0.479 e. The molecule has 0 aliphatic rings. The van der Waals surface area contributed by atoms with Gasteiger partial charge in [-0.15, -0.1) is 0 Å². The third-order valence-corrected chi connectivity index (χ3v) is 2.57. The Morgan fingerprint density at radius 2 is 2.07 bits per heavy atom. The van der Waals surface area contributed by atoms with E-state index >= 15 is 0 Å². The van der Waals surface area contributed by atoms with E-state index in [1.54, 1.807) is 6.92 Å². The summed E-state index contributed by atoms with van der Waals surface area (Å²) in [6, 6.07) is 0. The van der Waals surface area contributed by atoms with Crippen LogP contribution in [0.5, 0.6) is 0 Å². The number of unbranched alkanes of at least 4 members (excludes halogenated alkanes) is 1. The number of aliphatic carboxylic acids is 1. The number of hydrogen-bond acceptors (Lipinski definition) is 2. The van der Waals surface area contributed by atoms with Crippen LogP contribution in [0.25, 0.3) is 0 Å². The molecule has 0 spiro atoms. The van der Waals surface area contributed by atoms with Crippen LogP contribution in [0.15, 0.2) is 0 Å². The first-order valence-electron chi connectivity index (χ1n) is 5.79. The van der Waals surface area contributed by atoms with Crippen molar-refractivity contribution < 1.29 is 14.6 Å². The lowest BCUT2D eigenvalue weighted by Gasteiger charge is -2.26. The topological polar surface area (TPSA) is 46.5 Å². The normalized spacial score (nSPS) is 15.3. The zero-order chi connectivity index (χ0) is 11.9. The molecule has 0 aliphatic carbocycles. The molecule has 0 saturated heterocycles. The molecule has 90 valence electrons. The highest BCUT2D eigenvalue weighted by Gasteiger charge is 2.33. The molecule has 3 heteroatoms. The van der Waals surface area contributed by atoms with Gasteiger partial charge in [0.2, 0.25) is 0 Å². The molecule has 1 N–H and O–H groups in total. The molecule has 0 rings (SSSR count). The first-order valence-corrected chi connectivity index (χ1v) is 5.79. The van der Waals surface area contributed by atoms with Gasteiger partial charge in [-0.05, 0) is 32.1 Å². The van der Waals surface area contributed by atoms with Crippen molar-refractivity contribution in [2.75, 3.05) is 6.61 Å². The van der Waals surface area contributed by atoms with Crippen molar-refractivity contribution >= 4 is 5.97 Å². The number of rotatable bonds is 8. The molecule has 0 saturated carbocycles. The molecule has 0 aliphatic heterocycles. The summed E-state index contributed by atoms with van der Waals surface area (Å²) < 4.78 is 5.48. The van der Waals surface area contributed by atoms with Crippen LogP contribution in [0, 0.1) is 5.92 Å². The van der Waals surface area contributed by atoms with Crippen LogP contribution in [-0.4, -0.2) is 23.3 Å². The van der Waals surface area contributed by atoms with E-state index in [0.717, 1.165) is 19.3 Å². The van der Waals surface area contributed by atoms with Gasteiger partial charge in [-0.25, -0.2) is 4.79 Å². The lowest BCUT2D eigenvalue weighted by molar-refractivity contribution is -0.165. The van der Waals surface area contributed by atoms with Crippen molar-refractivity contribution in [3.63, 3.8) is 0 Å². The molecule has 3 nitrogen and oxygen atoms in total. The Balaban J connectivity index is 4.13. The van der Waals surface area contributed by atoms with Crippen molar-refractivity contribution in [1.29, 1.82) is 0 Å². The van der Waals surface area contributed by atoms with Crippen LogP contribution >= 0.6 is 0 Å². The average molecular weight is 216 g/mol. The fourth-order valence-electron chi connectivity index (χ4n) is 1.25. The molecule has 1 unspecified atom stereocenters. The van der Waals surface area contributed by atoms with Crippen LogP contribution < -0.4 is 0 Å². The van der Waals surface area contributed by atoms with Crippen LogP contribution in [0.3, 0.4) is 0 Å². The summed E-state index contributed by atoms with van der Waals surface area (Å²) in [7, 11) is 0. The van der Waals surface area contributed by atoms with Crippen LogP contribution in [0.4, 0.5) is 0 Å². The smallest absolute Gasteiger partial charge is 0.335 e. The lowest BCUT2D eigenvalue weighted by Crippen LogP contribution is -2.39. The van der Waals surface area contributed by atoms with Gasteiger partial charge in [0.1, 0.15) is 0 Å². The molecule has 15 heavy (non-hydrogen) atoms. The molecule has 1 atom stereocenters. The first kappa shape index (κ1) is 14.4. The van der Waals surface area contributed by atoms with Crippen molar-refractivity contribution in [3.8, 4) is 0 Å². The van der Waals surface area contributed by atoms with E-state index in [0.29, 0.717) is 18.9 Å². The van der Waals surface area contributed by atoms with E-state index in [2.05, 4.69) is 20.8 Å². The summed E-state index contributed by atoms with van der Waals surface area (Å²) in [6.07, 6.45) is 3.42. The minimum atomic E-state index is -1.00. The molecule has 0 aromatic rings. The third-order valence-electron chi connectivity index (χ3n) is 2.57. The molecule has 0 aromatic heterocycles. The Kier molecular flexibility index (Phi) is 6.57. The Labute approximate surface area is 92.8 Å².